The minimum absolute atomic E-state index is 0.228. The number of benzene rings is 1. The van der Waals surface area contributed by atoms with Gasteiger partial charge in [0.2, 0.25) is 0 Å². The number of ether oxygens (including phenoxy) is 1. The van der Waals surface area contributed by atoms with Crippen molar-refractivity contribution < 1.29 is 9.53 Å². The molecule has 1 aromatic carbocycles. The lowest BCUT2D eigenvalue weighted by atomic mass is 10.3. The van der Waals surface area contributed by atoms with E-state index in [4.69, 9.17) is 4.74 Å². The summed E-state index contributed by atoms with van der Waals surface area (Å²) in [5.74, 6) is 0.322. The van der Waals surface area contributed by atoms with Crippen LogP contribution >= 0.6 is 12.6 Å². The van der Waals surface area contributed by atoms with Crippen molar-refractivity contribution in [2.24, 2.45) is 0 Å². The average Bonchev–Trinajstić information content (AvgIpc) is 2.04. The van der Waals surface area contributed by atoms with Crippen LogP contribution in [-0.2, 0) is 4.79 Å². The number of carbonyl (C=O) groups is 1. The molecular weight excluding hydrogens is 172 g/mol. The van der Waals surface area contributed by atoms with Gasteiger partial charge in [0.15, 0.2) is 0 Å². The molecule has 2 nitrogen and oxygen atoms in total. The van der Waals surface area contributed by atoms with Crippen LogP contribution in [0.2, 0.25) is 0 Å². The molecule has 0 bridgehead atoms. The van der Waals surface area contributed by atoms with Crippen molar-refractivity contribution in [2.45, 2.75) is 18.2 Å². The van der Waals surface area contributed by atoms with Crippen LogP contribution in [0.15, 0.2) is 29.2 Å². The molecule has 0 spiro atoms. The van der Waals surface area contributed by atoms with Gasteiger partial charge in [0.1, 0.15) is 5.75 Å². The van der Waals surface area contributed by atoms with Crippen molar-refractivity contribution in [3.8, 4) is 5.75 Å². The van der Waals surface area contributed by atoms with Gasteiger partial charge in [-0.15, -0.1) is 12.6 Å². The first-order valence-electron chi connectivity index (χ1n) is 3.72. The SMILES string of the molecule is CCC(=O)Oc1cccc(S)c1. The van der Waals surface area contributed by atoms with E-state index in [0.29, 0.717) is 12.2 Å². The fourth-order valence-corrected chi connectivity index (χ4v) is 0.964. The van der Waals surface area contributed by atoms with Gasteiger partial charge in [-0.1, -0.05) is 13.0 Å². The van der Waals surface area contributed by atoms with E-state index in [1.807, 2.05) is 6.07 Å². The summed E-state index contributed by atoms with van der Waals surface area (Å²) >= 11 is 4.11. The average molecular weight is 182 g/mol. The molecule has 1 aromatic rings. The summed E-state index contributed by atoms with van der Waals surface area (Å²) in [4.78, 5) is 11.6. The molecule has 0 atom stereocenters. The lowest BCUT2D eigenvalue weighted by Gasteiger charge is -2.01. The van der Waals surface area contributed by atoms with Crippen molar-refractivity contribution in [1.29, 1.82) is 0 Å². The van der Waals surface area contributed by atoms with Crippen molar-refractivity contribution >= 4 is 18.6 Å². The van der Waals surface area contributed by atoms with Gasteiger partial charge in [0, 0.05) is 11.3 Å². The van der Waals surface area contributed by atoms with E-state index in [9.17, 15) is 4.79 Å². The second-order valence-corrected chi connectivity index (χ2v) is 2.84. The highest BCUT2D eigenvalue weighted by Gasteiger charge is 2.00. The summed E-state index contributed by atoms with van der Waals surface area (Å²) in [6.45, 7) is 1.76. The number of hydrogen-bond donors (Lipinski definition) is 1. The zero-order valence-electron chi connectivity index (χ0n) is 6.78. The van der Waals surface area contributed by atoms with Gasteiger partial charge in [-0.2, -0.15) is 0 Å². The molecule has 0 aliphatic rings. The summed E-state index contributed by atoms with van der Waals surface area (Å²) in [6.07, 6.45) is 0.386. The molecule has 0 fully saturated rings. The molecular formula is C9H10O2S. The van der Waals surface area contributed by atoms with Crippen molar-refractivity contribution in [1.82, 2.24) is 0 Å². The Kier molecular flexibility index (Phi) is 3.17. The van der Waals surface area contributed by atoms with E-state index < -0.39 is 0 Å². The van der Waals surface area contributed by atoms with Gasteiger partial charge >= 0.3 is 5.97 Å². The Hall–Kier alpha value is -0.960. The largest absolute Gasteiger partial charge is 0.426 e. The monoisotopic (exact) mass is 182 g/mol. The van der Waals surface area contributed by atoms with Crippen LogP contribution in [-0.4, -0.2) is 5.97 Å². The zero-order valence-corrected chi connectivity index (χ0v) is 7.67. The molecule has 0 amide bonds. The third-order valence-electron chi connectivity index (χ3n) is 1.34. The molecule has 0 saturated heterocycles. The van der Waals surface area contributed by atoms with Crippen molar-refractivity contribution in [2.75, 3.05) is 0 Å². The smallest absolute Gasteiger partial charge is 0.310 e. The zero-order chi connectivity index (χ0) is 8.97. The molecule has 12 heavy (non-hydrogen) atoms. The molecule has 0 unspecified atom stereocenters. The highest BCUT2D eigenvalue weighted by molar-refractivity contribution is 7.80. The van der Waals surface area contributed by atoms with E-state index in [0.717, 1.165) is 4.90 Å². The van der Waals surface area contributed by atoms with Gasteiger partial charge in [-0.3, -0.25) is 4.79 Å². The van der Waals surface area contributed by atoms with Crippen LogP contribution < -0.4 is 4.74 Å². The maximum atomic E-state index is 10.8. The van der Waals surface area contributed by atoms with E-state index in [-0.39, 0.29) is 5.97 Å². The minimum atomic E-state index is -0.228. The Labute approximate surface area is 77.0 Å². The van der Waals surface area contributed by atoms with Gasteiger partial charge in [-0.05, 0) is 18.2 Å². The van der Waals surface area contributed by atoms with Crippen LogP contribution in [0.4, 0.5) is 0 Å². The fourth-order valence-electron chi connectivity index (χ4n) is 0.751. The second kappa shape index (κ2) is 4.16. The van der Waals surface area contributed by atoms with Crippen LogP contribution in [0, 0.1) is 0 Å². The van der Waals surface area contributed by atoms with Crippen molar-refractivity contribution in [3.05, 3.63) is 24.3 Å². The number of hydrogen-bond acceptors (Lipinski definition) is 3. The summed E-state index contributed by atoms with van der Waals surface area (Å²) < 4.78 is 4.96. The van der Waals surface area contributed by atoms with Crippen LogP contribution in [0.3, 0.4) is 0 Å². The van der Waals surface area contributed by atoms with Crippen LogP contribution in [0.5, 0.6) is 5.75 Å². The van der Waals surface area contributed by atoms with Gasteiger partial charge in [-0.25, -0.2) is 0 Å². The minimum Gasteiger partial charge on any atom is -0.426 e. The molecule has 0 N–H and O–H groups in total. The van der Waals surface area contributed by atoms with E-state index >= 15 is 0 Å². The standard InChI is InChI=1S/C9H10O2S/c1-2-9(10)11-7-4-3-5-8(12)6-7/h3-6,12H,2H2,1H3. The normalized spacial score (nSPS) is 9.50. The van der Waals surface area contributed by atoms with Gasteiger partial charge in [0.05, 0.1) is 0 Å². The Morgan fingerprint density at radius 3 is 2.92 bits per heavy atom. The Morgan fingerprint density at radius 1 is 1.58 bits per heavy atom. The molecule has 64 valence electrons. The first-order chi connectivity index (χ1) is 5.72. The molecule has 1 rings (SSSR count). The number of rotatable bonds is 2. The Morgan fingerprint density at radius 2 is 2.33 bits per heavy atom. The highest BCUT2D eigenvalue weighted by Crippen LogP contribution is 2.15. The summed E-state index contributed by atoms with van der Waals surface area (Å²) in [6, 6.07) is 7.05. The predicted molar refractivity (Wildman–Crippen MR) is 49.6 cm³/mol. The molecule has 0 saturated carbocycles. The summed E-state index contributed by atoms with van der Waals surface area (Å²) in [7, 11) is 0. The maximum Gasteiger partial charge on any atom is 0.310 e. The topological polar surface area (TPSA) is 26.3 Å². The molecule has 0 heterocycles. The Balaban J connectivity index is 2.69. The molecule has 0 aliphatic carbocycles. The quantitative estimate of drug-likeness (QED) is 0.431. The van der Waals surface area contributed by atoms with Gasteiger partial charge < -0.3 is 4.74 Å². The van der Waals surface area contributed by atoms with Crippen molar-refractivity contribution in [3.63, 3.8) is 0 Å². The summed E-state index contributed by atoms with van der Waals surface area (Å²) in [5.41, 5.74) is 0. The maximum absolute atomic E-state index is 10.8. The predicted octanol–water partition coefficient (Wildman–Crippen LogP) is 2.29. The molecule has 3 heteroatoms. The number of thiol groups is 1. The fraction of sp³-hybridized carbons (Fsp3) is 0.222. The lowest BCUT2D eigenvalue weighted by molar-refractivity contribution is -0.134. The molecule has 0 radical (unpaired) electrons. The van der Waals surface area contributed by atoms with Gasteiger partial charge in [0.25, 0.3) is 0 Å². The first-order valence-corrected chi connectivity index (χ1v) is 4.17. The summed E-state index contributed by atoms with van der Waals surface area (Å²) in [5, 5.41) is 0. The first kappa shape index (κ1) is 9.13. The van der Waals surface area contributed by atoms with E-state index in [1.54, 1.807) is 25.1 Å². The third kappa shape index (κ3) is 2.58. The van der Waals surface area contributed by atoms with E-state index in [2.05, 4.69) is 12.6 Å². The highest BCUT2D eigenvalue weighted by atomic mass is 32.1. The van der Waals surface area contributed by atoms with Crippen LogP contribution in [0.1, 0.15) is 13.3 Å². The lowest BCUT2D eigenvalue weighted by Crippen LogP contribution is -2.05. The number of esters is 1. The molecule has 0 aromatic heterocycles. The Bertz CT molecular complexity index is 284. The number of carbonyl (C=O) groups excluding carboxylic acids is 1. The van der Waals surface area contributed by atoms with E-state index in [1.165, 1.54) is 0 Å². The third-order valence-corrected chi connectivity index (χ3v) is 1.62. The molecule has 0 aliphatic heterocycles. The second-order valence-electron chi connectivity index (χ2n) is 2.32. The van der Waals surface area contributed by atoms with Crippen LogP contribution in [0.25, 0.3) is 0 Å².